The van der Waals surface area contributed by atoms with E-state index in [1.165, 1.54) is 0 Å². The molecule has 0 heterocycles. The summed E-state index contributed by atoms with van der Waals surface area (Å²) in [7, 11) is 0. The number of aldehydes is 1. The average Bonchev–Trinajstić information content (AvgIpc) is 2.78. The van der Waals surface area contributed by atoms with Gasteiger partial charge in [-0.3, -0.25) is 14.4 Å². The van der Waals surface area contributed by atoms with E-state index in [0.717, 1.165) is 28.2 Å². The van der Waals surface area contributed by atoms with Crippen molar-refractivity contribution in [2.24, 2.45) is 0 Å². The van der Waals surface area contributed by atoms with Crippen LogP contribution in [0, 0.1) is 0 Å². The Labute approximate surface area is 193 Å². The summed E-state index contributed by atoms with van der Waals surface area (Å²) in [6.07, 6.45) is 1.75. The molecule has 0 unspecified atom stereocenters. The van der Waals surface area contributed by atoms with Gasteiger partial charge >= 0.3 is 5.97 Å². The number of anilines is 1. The number of carbonyl (C=O) groups is 3. The topological polar surface area (TPSA) is 111 Å². The molecule has 178 valence electrons. The van der Waals surface area contributed by atoms with Gasteiger partial charge in [0.2, 0.25) is 6.29 Å². The van der Waals surface area contributed by atoms with E-state index in [9.17, 15) is 14.4 Å². The molecule has 0 saturated carbocycles. The van der Waals surface area contributed by atoms with Gasteiger partial charge in [-0.25, -0.2) is 0 Å². The lowest BCUT2D eigenvalue weighted by Gasteiger charge is -2.17. The number of ether oxygens (including phenoxy) is 3. The first-order chi connectivity index (χ1) is 15.9. The monoisotopic (exact) mass is 457 g/mol. The summed E-state index contributed by atoms with van der Waals surface area (Å²) in [5, 5.41) is 11.4. The highest BCUT2D eigenvalue weighted by molar-refractivity contribution is 6.29. The fourth-order valence-corrected chi connectivity index (χ4v) is 3.40. The fourth-order valence-electron chi connectivity index (χ4n) is 3.40. The molecule has 0 spiro atoms. The van der Waals surface area contributed by atoms with Gasteiger partial charge < -0.3 is 24.6 Å². The van der Waals surface area contributed by atoms with Crippen molar-refractivity contribution in [3.63, 3.8) is 0 Å². The lowest BCUT2D eigenvalue weighted by atomic mass is 9.96. The molecule has 0 radical (unpaired) electrons. The second-order valence-electron chi connectivity index (χ2n) is 7.28. The highest BCUT2D eigenvalue weighted by Gasteiger charge is 2.14. The number of benzene rings is 2. The van der Waals surface area contributed by atoms with Gasteiger partial charge in [0.1, 0.15) is 17.2 Å². The number of aliphatic carboxylic acids is 1. The molecule has 33 heavy (non-hydrogen) atoms. The zero-order chi connectivity index (χ0) is 24.2. The van der Waals surface area contributed by atoms with Crippen molar-refractivity contribution < 1.29 is 33.7 Å². The second-order valence-corrected chi connectivity index (χ2v) is 7.28. The van der Waals surface area contributed by atoms with Gasteiger partial charge in [-0.1, -0.05) is 6.92 Å². The number of carboxylic acids is 1. The Morgan fingerprint density at radius 1 is 0.939 bits per heavy atom. The van der Waals surface area contributed by atoms with Gasteiger partial charge in [-0.05, 0) is 74.1 Å². The summed E-state index contributed by atoms with van der Waals surface area (Å²) in [5.74, 6) is 0.127. The number of carboxylic acid groups (broad SMARTS) is 1. The van der Waals surface area contributed by atoms with Gasteiger partial charge in [-0.2, -0.15) is 0 Å². The molecule has 0 atom stereocenters. The lowest BCUT2D eigenvalue weighted by Crippen LogP contribution is -2.14. The Morgan fingerprint density at radius 2 is 1.61 bits per heavy atom. The maximum absolute atomic E-state index is 11.7. The third kappa shape index (κ3) is 8.14. The summed E-state index contributed by atoms with van der Waals surface area (Å²) in [6.45, 7) is 7.07. The third-order valence-corrected chi connectivity index (χ3v) is 4.80. The maximum atomic E-state index is 11.7. The van der Waals surface area contributed by atoms with Crippen molar-refractivity contribution in [3.05, 3.63) is 47.0 Å². The van der Waals surface area contributed by atoms with Gasteiger partial charge in [0.05, 0.1) is 25.5 Å². The Hall–Kier alpha value is -3.55. The van der Waals surface area contributed by atoms with Gasteiger partial charge in [0, 0.05) is 12.5 Å². The van der Waals surface area contributed by atoms with Gasteiger partial charge in [0.25, 0.3) is 5.91 Å². The number of aryl methyl sites for hydroxylation is 1. The fraction of sp³-hybridized carbons (Fsp3) is 0.400. The molecule has 8 nitrogen and oxygen atoms in total. The van der Waals surface area contributed by atoms with Gasteiger partial charge in [0.15, 0.2) is 0 Å². The van der Waals surface area contributed by atoms with E-state index in [-0.39, 0.29) is 19.3 Å². The van der Waals surface area contributed by atoms with Crippen LogP contribution >= 0.6 is 0 Å². The molecule has 0 aliphatic carbocycles. The second kappa shape index (κ2) is 13.1. The predicted octanol–water partition coefficient (Wildman–Crippen LogP) is 4.02. The molecule has 2 rings (SSSR count). The number of nitrogens with one attached hydrogen (secondary N) is 1. The van der Waals surface area contributed by atoms with E-state index < -0.39 is 11.9 Å². The standard InChI is InChI=1S/C25H31NO7/c1-4-18-13-22(26-24(28)16-27)23(33-9-7-8-25(29)30)14-19(18)10-17-11-20(31-5-2)15-21(12-17)32-6-3/h11-16H,4-10H2,1-3H3,(H,26,28)(H,29,30). The van der Waals surface area contributed by atoms with E-state index in [1.54, 1.807) is 6.07 Å². The number of hydrogen-bond donors (Lipinski definition) is 2. The van der Waals surface area contributed by atoms with E-state index in [4.69, 9.17) is 19.3 Å². The average molecular weight is 458 g/mol. The van der Waals surface area contributed by atoms with Crippen molar-refractivity contribution in [1.82, 2.24) is 0 Å². The Bertz CT molecular complexity index is 947. The Kier molecular flexibility index (Phi) is 10.2. The maximum Gasteiger partial charge on any atom is 0.303 e. The third-order valence-electron chi connectivity index (χ3n) is 4.80. The molecule has 2 aromatic carbocycles. The molecule has 0 saturated heterocycles. The van der Waals surface area contributed by atoms with Crippen LogP contribution in [0.2, 0.25) is 0 Å². The van der Waals surface area contributed by atoms with Crippen LogP contribution in [0.15, 0.2) is 30.3 Å². The normalized spacial score (nSPS) is 10.4. The molecule has 0 aliphatic heterocycles. The van der Waals surface area contributed by atoms with Crippen molar-refractivity contribution in [2.75, 3.05) is 25.1 Å². The molecular weight excluding hydrogens is 426 g/mol. The van der Waals surface area contributed by atoms with Crippen molar-refractivity contribution in [1.29, 1.82) is 0 Å². The molecule has 8 heteroatoms. The molecule has 0 bridgehead atoms. The van der Waals surface area contributed by atoms with Gasteiger partial charge in [-0.15, -0.1) is 0 Å². The Balaban J connectivity index is 2.40. The van der Waals surface area contributed by atoms with Crippen LogP contribution in [-0.2, 0) is 27.2 Å². The summed E-state index contributed by atoms with van der Waals surface area (Å²) in [6, 6.07) is 9.39. The van der Waals surface area contributed by atoms with Crippen LogP contribution in [0.4, 0.5) is 5.69 Å². The van der Waals surface area contributed by atoms with Crippen molar-refractivity contribution in [3.8, 4) is 17.2 Å². The van der Waals surface area contributed by atoms with Crippen LogP contribution in [0.25, 0.3) is 0 Å². The highest BCUT2D eigenvalue weighted by Crippen LogP contribution is 2.32. The minimum Gasteiger partial charge on any atom is -0.494 e. The zero-order valence-corrected chi connectivity index (χ0v) is 19.3. The predicted molar refractivity (Wildman–Crippen MR) is 124 cm³/mol. The van der Waals surface area contributed by atoms with Crippen LogP contribution in [0.3, 0.4) is 0 Å². The highest BCUT2D eigenvalue weighted by atomic mass is 16.5. The van der Waals surface area contributed by atoms with E-state index >= 15 is 0 Å². The molecule has 0 fully saturated rings. The van der Waals surface area contributed by atoms with E-state index in [0.29, 0.717) is 43.9 Å². The quantitative estimate of drug-likeness (QED) is 0.250. The molecule has 0 aliphatic rings. The summed E-state index contributed by atoms with van der Waals surface area (Å²) in [4.78, 5) is 33.3. The van der Waals surface area contributed by atoms with Crippen molar-refractivity contribution in [2.45, 2.75) is 46.5 Å². The molecule has 2 aromatic rings. The minimum absolute atomic E-state index is 0.0274. The number of carbonyl (C=O) groups excluding carboxylic acids is 2. The largest absolute Gasteiger partial charge is 0.494 e. The smallest absolute Gasteiger partial charge is 0.303 e. The SMILES string of the molecule is CCOc1cc(Cc2cc(OCCCC(=O)O)c(NC(=O)C=O)cc2CC)cc(OCC)c1. The van der Waals surface area contributed by atoms with E-state index in [2.05, 4.69) is 5.32 Å². The van der Waals surface area contributed by atoms with Crippen LogP contribution in [0.5, 0.6) is 17.2 Å². The first-order valence-corrected chi connectivity index (χ1v) is 11.1. The molecule has 0 aromatic heterocycles. The van der Waals surface area contributed by atoms with Crippen LogP contribution in [0.1, 0.15) is 50.3 Å². The van der Waals surface area contributed by atoms with Crippen LogP contribution < -0.4 is 19.5 Å². The molecule has 2 N–H and O–H groups in total. The first-order valence-electron chi connectivity index (χ1n) is 11.1. The summed E-state index contributed by atoms with van der Waals surface area (Å²) in [5.41, 5.74) is 3.32. The number of hydrogen-bond acceptors (Lipinski definition) is 6. The van der Waals surface area contributed by atoms with E-state index in [1.807, 2.05) is 45.0 Å². The zero-order valence-electron chi connectivity index (χ0n) is 19.3. The molecule has 1 amide bonds. The van der Waals surface area contributed by atoms with Crippen molar-refractivity contribution >= 4 is 23.9 Å². The van der Waals surface area contributed by atoms with Crippen LogP contribution in [-0.4, -0.2) is 43.1 Å². The first kappa shape index (κ1) is 25.7. The molecular formula is C25H31NO7. The minimum atomic E-state index is -0.908. The number of amides is 1. The Morgan fingerprint density at radius 3 is 2.15 bits per heavy atom. The summed E-state index contributed by atoms with van der Waals surface area (Å²) < 4.78 is 17.1. The lowest BCUT2D eigenvalue weighted by molar-refractivity contribution is -0.137. The number of rotatable bonds is 14. The summed E-state index contributed by atoms with van der Waals surface area (Å²) >= 11 is 0.